The van der Waals surface area contributed by atoms with Crippen LogP contribution in [0.4, 0.5) is 23.8 Å². The van der Waals surface area contributed by atoms with Gasteiger partial charge in [-0.05, 0) is 36.2 Å². The van der Waals surface area contributed by atoms with Gasteiger partial charge in [0.25, 0.3) is 5.91 Å². The molecule has 0 aliphatic heterocycles. The van der Waals surface area contributed by atoms with Crippen molar-refractivity contribution in [2.45, 2.75) is 26.3 Å². The number of urea groups is 1. The molecule has 0 unspecified atom stereocenters. The predicted molar refractivity (Wildman–Crippen MR) is 120 cm³/mol. The van der Waals surface area contributed by atoms with Crippen LogP contribution >= 0.6 is 0 Å². The predicted octanol–water partition coefficient (Wildman–Crippen LogP) is 4.11. The standard InChI is InChI=1S/C23H24F3N5O3/c1-3-27-21(32)19-12-20(31(30-19)17-7-5-4-6-8-17)29-22(33)28-13-16-11-15(14-34-2)9-10-18(16)23(24,25)26/h4-12H,3,13-14H2,1-2H3,(H,27,32)(H2,28,29,33). The molecule has 3 N–H and O–H groups in total. The Balaban J connectivity index is 1.81. The lowest BCUT2D eigenvalue weighted by atomic mass is 10.0. The van der Waals surface area contributed by atoms with E-state index in [0.717, 1.165) is 6.07 Å². The number of hydrogen-bond donors (Lipinski definition) is 3. The Bertz CT molecular complexity index is 1150. The number of nitrogens with one attached hydrogen (secondary N) is 3. The third-order valence-electron chi connectivity index (χ3n) is 4.75. The van der Waals surface area contributed by atoms with E-state index in [1.165, 1.54) is 30.0 Å². The second-order valence-corrected chi connectivity index (χ2v) is 7.25. The third-order valence-corrected chi connectivity index (χ3v) is 4.75. The van der Waals surface area contributed by atoms with Crippen molar-refractivity contribution in [1.82, 2.24) is 20.4 Å². The average Bonchev–Trinajstić information content (AvgIpc) is 3.22. The lowest BCUT2D eigenvalue weighted by molar-refractivity contribution is -0.138. The van der Waals surface area contributed by atoms with E-state index in [-0.39, 0.29) is 30.2 Å². The number of ether oxygens (including phenoxy) is 1. The van der Waals surface area contributed by atoms with Gasteiger partial charge in [-0.15, -0.1) is 0 Å². The highest BCUT2D eigenvalue weighted by molar-refractivity contribution is 5.95. The third kappa shape index (κ3) is 6.13. The number of halogens is 3. The Labute approximate surface area is 194 Å². The quantitative estimate of drug-likeness (QED) is 0.457. The maximum absolute atomic E-state index is 13.4. The highest BCUT2D eigenvalue weighted by atomic mass is 19.4. The smallest absolute Gasteiger partial charge is 0.380 e. The normalized spacial score (nSPS) is 11.2. The molecular formula is C23H24F3N5O3. The van der Waals surface area contributed by atoms with Crippen molar-refractivity contribution in [2.75, 3.05) is 19.0 Å². The number of hydrogen-bond acceptors (Lipinski definition) is 4. The van der Waals surface area contributed by atoms with E-state index < -0.39 is 23.7 Å². The molecule has 0 fully saturated rings. The van der Waals surface area contributed by atoms with Gasteiger partial charge in [0.2, 0.25) is 0 Å². The molecular weight excluding hydrogens is 451 g/mol. The molecule has 0 atom stereocenters. The molecule has 2 aromatic carbocycles. The highest BCUT2D eigenvalue weighted by Gasteiger charge is 2.33. The van der Waals surface area contributed by atoms with Gasteiger partial charge in [0.05, 0.1) is 17.9 Å². The van der Waals surface area contributed by atoms with Crippen molar-refractivity contribution in [2.24, 2.45) is 0 Å². The Morgan fingerprint density at radius 3 is 2.44 bits per heavy atom. The number of amides is 3. The highest BCUT2D eigenvalue weighted by Crippen LogP contribution is 2.32. The molecule has 3 aromatic rings. The summed E-state index contributed by atoms with van der Waals surface area (Å²) >= 11 is 0. The molecule has 0 spiro atoms. The summed E-state index contributed by atoms with van der Waals surface area (Å²) < 4.78 is 46.6. The van der Waals surface area contributed by atoms with Crippen LogP contribution in [0.2, 0.25) is 0 Å². The molecule has 3 rings (SSSR count). The lowest BCUT2D eigenvalue weighted by Gasteiger charge is -2.15. The van der Waals surface area contributed by atoms with Crippen LogP contribution in [0.25, 0.3) is 5.69 Å². The monoisotopic (exact) mass is 475 g/mol. The first kappa shape index (κ1) is 24.8. The van der Waals surface area contributed by atoms with Crippen LogP contribution in [0.3, 0.4) is 0 Å². The van der Waals surface area contributed by atoms with Gasteiger partial charge in [0.15, 0.2) is 5.69 Å². The fourth-order valence-corrected chi connectivity index (χ4v) is 3.26. The number of methoxy groups -OCH3 is 1. The van der Waals surface area contributed by atoms with Gasteiger partial charge in [-0.25, -0.2) is 9.48 Å². The number of rotatable bonds is 8. The number of aromatic nitrogens is 2. The first-order chi connectivity index (χ1) is 16.2. The van der Waals surface area contributed by atoms with Gasteiger partial charge in [0, 0.05) is 26.3 Å². The van der Waals surface area contributed by atoms with E-state index in [2.05, 4.69) is 21.0 Å². The summed E-state index contributed by atoms with van der Waals surface area (Å²) in [6.07, 6.45) is -4.58. The molecule has 180 valence electrons. The van der Waals surface area contributed by atoms with Gasteiger partial charge in [-0.2, -0.15) is 18.3 Å². The maximum atomic E-state index is 13.4. The first-order valence-electron chi connectivity index (χ1n) is 10.4. The van der Waals surface area contributed by atoms with Crippen molar-refractivity contribution < 1.29 is 27.5 Å². The van der Waals surface area contributed by atoms with E-state index in [4.69, 9.17) is 4.74 Å². The fraction of sp³-hybridized carbons (Fsp3) is 0.261. The zero-order valence-electron chi connectivity index (χ0n) is 18.6. The molecule has 11 heteroatoms. The van der Waals surface area contributed by atoms with Crippen LogP contribution in [-0.4, -0.2) is 35.4 Å². The van der Waals surface area contributed by atoms with E-state index in [1.807, 2.05) is 0 Å². The number of alkyl halides is 3. The number of benzene rings is 2. The molecule has 8 nitrogen and oxygen atoms in total. The molecule has 0 aliphatic carbocycles. The molecule has 0 bridgehead atoms. The summed E-state index contributed by atoms with van der Waals surface area (Å²) in [5, 5.41) is 11.9. The second kappa shape index (κ2) is 10.8. The van der Waals surface area contributed by atoms with Crippen LogP contribution in [0, 0.1) is 0 Å². The van der Waals surface area contributed by atoms with Crippen molar-refractivity contribution in [3.05, 3.63) is 77.0 Å². The van der Waals surface area contributed by atoms with E-state index in [0.29, 0.717) is 17.8 Å². The summed E-state index contributed by atoms with van der Waals surface area (Å²) in [6.45, 7) is 1.91. The molecule has 1 aromatic heterocycles. The topological polar surface area (TPSA) is 97.3 Å². The summed E-state index contributed by atoms with van der Waals surface area (Å²) in [7, 11) is 1.44. The Morgan fingerprint density at radius 2 is 1.79 bits per heavy atom. The Kier molecular flexibility index (Phi) is 7.90. The zero-order chi connectivity index (χ0) is 24.7. The van der Waals surface area contributed by atoms with Crippen LogP contribution in [0.1, 0.15) is 34.1 Å². The van der Waals surface area contributed by atoms with E-state index >= 15 is 0 Å². The molecule has 3 amide bonds. The summed E-state index contributed by atoms with van der Waals surface area (Å²) in [5.41, 5.74) is 0.256. The average molecular weight is 475 g/mol. The number of anilines is 1. The molecule has 0 saturated heterocycles. The van der Waals surface area contributed by atoms with Gasteiger partial charge in [-0.3, -0.25) is 10.1 Å². The number of carbonyl (C=O) groups excluding carboxylic acids is 2. The minimum absolute atomic E-state index is 0.0765. The molecule has 0 saturated carbocycles. The van der Waals surface area contributed by atoms with E-state index in [1.54, 1.807) is 37.3 Å². The van der Waals surface area contributed by atoms with Crippen molar-refractivity contribution in [1.29, 1.82) is 0 Å². The second-order valence-electron chi connectivity index (χ2n) is 7.25. The maximum Gasteiger partial charge on any atom is 0.416 e. The summed E-state index contributed by atoms with van der Waals surface area (Å²) in [5.74, 6) is -0.250. The minimum Gasteiger partial charge on any atom is -0.380 e. The van der Waals surface area contributed by atoms with Gasteiger partial charge in [-0.1, -0.05) is 30.3 Å². The largest absolute Gasteiger partial charge is 0.416 e. The van der Waals surface area contributed by atoms with Gasteiger partial charge >= 0.3 is 12.2 Å². The van der Waals surface area contributed by atoms with Crippen molar-refractivity contribution in [3.8, 4) is 5.69 Å². The Hall–Kier alpha value is -3.86. The SMILES string of the molecule is CCNC(=O)c1cc(NC(=O)NCc2cc(COC)ccc2C(F)(F)F)n(-c2ccccc2)n1. The molecule has 0 aliphatic rings. The van der Waals surface area contributed by atoms with Gasteiger partial charge < -0.3 is 15.4 Å². The number of carbonyl (C=O) groups is 2. The van der Waals surface area contributed by atoms with Crippen LogP contribution in [0.5, 0.6) is 0 Å². The molecule has 1 heterocycles. The van der Waals surface area contributed by atoms with Crippen LogP contribution in [-0.2, 0) is 24.1 Å². The van der Waals surface area contributed by atoms with Gasteiger partial charge in [0.1, 0.15) is 5.82 Å². The van der Waals surface area contributed by atoms with Crippen LogP contribution < -0.4 is 16.0 Å². The summed E-state index contributed by atoms with van der Waals surface area (Å²) in [6, 6.07) is 13.0. The summed E-state index contributed by atoms with van der Waals surface area (Å²) in [4.78, 5) is 24.8. The fourth-order valence-electron chi connectivity index (χ4n) is 3.26. The molecule has 34 heavy (non-hydrogen) atoms. The van der Waals surface area contributed by atoms with Crippen molar-refractivity contribution in [3.63, 3.8) is 0 Å². The zero-order valence-corrected chi connectivity index (χ0v) is 18.6. The molecule has 0 radical (unpaired) electrons. The Morgan fingerprint density at radius 1 is 1.06 bits per heavy atom. The number of nitrogens with zero attached hydrogens (tertiary/aromatic N) is 2. The minimum atomic E-state index is -4.58. The van der Waals surface area contributed by atoms with E-state index in [9.17, 15) is 22.8 Å². The number of para-hydroxylation sites is 1. The first-order valence-corrected chi connectivity index (χ1v) is 10.4. The van der Waals surface area contributed by atoms with Crippen molar-refractivity contribution >= 4 is 17.8 Å². The lowest BCUT2D eigenvalue weighted by Crippen LogP contribution is -2.30. The van der Waals surface area contributed by atoms with Crippen LogP contribution in [0.15, 0.2) is 54.6 Å².